The minimum absolute atomic E-state index is 0.176. The monoisotopic (exact) mass is 288 g/mol. The van der Waals surface area contributed by atoms with Crippen molar-refractivity contribution in [1.29, 1.82) is 0 Å². The van der Waals surface area contributed by atoms with Gasteiger partial charge in [-0.3, -0.25) is 9.69 Å². The maximum Gasteiger partial charge on any atom is 0.207 e. The molecule has 1 amide bonds. The molecule has 0 bridgehead atoms. The fourth-order valence-corrected chi connectivity index (χ4v) is 3.76. The third-order valence-corrected chi connectivity index (χ3v) is 5.02. The Labute approximate surface area is 128 Å². The van der Waals surface area contributed by atoms with Gasteiger partial charge < -0.3 is 5.32 Å². The maximum atomic E-state index is 10.5. The smallest absolute Gasteiger partial charge is 0.207 e. The van der Waals surface area contributed by atoms with Crippen LogP contribution in [0.2, 0.25) is 0 Å². The molecule has 0 unspecified atom stereocenters. The normalized spacial score (nSPS) is 25.8. The molecule has 3 nitrogen and oxygen atoms in total. The summed E-state index contributed by atoms with van der Waals surface area (Å²) in [5, 5.41) is 2.85. The summed E-state index contributed by atoms with van der Waals surface area (Å²) in [7, 11) is 2.26. The first-order valence-electron chi connectivity index (χ1n) is 8.16. The number of rotatable bonds is 7. The number of carbonyl (C=O) groups excluding carboxylic acids is 1. The number of hydrogen-bond acceptors (Lipinski definition) is 2. The highest BCUT2D eigenvalue weighted by Crippen LogP contribution is 2.43. The molecule has 0 heterocycles. The van der Waals surface area contributed by atoms with Crippen LogP contribution in [0.4, 0.5) is 0 Å². The minimum atomic E-state index is 0.176. The van der Waals surface area contributed by atoms with Crippen LogP contribution in [0.1, 0.15) is 44.6 Å². The number of amides is 1. The second kappa shape index (κ2) is 7.60. The van der Waals surface area contributed by atoms with E-state index < -0.39 is 0 Å². The van der Waals surface area contributed by atoms with Crippen LogP contribution in [-0.2, 0) is 10.3 Å². The summed E-state index contributed by atoms with van der Waals surface area (Å²) in [6, 6.07) is 10.9. The van der Waals surface area contributed by atoms with Gasteiger partial charge in [-0.2, -0.15) is 0 Å². The summed E-state index contributed by atoms with van der Waals surface area (Å²) >= 11 is 0. The fraction of sp³-hybridized carbons (Fsp3) is 0.611. The van der Waals surface area contributed by atoms with Crippen molar-refractivity contribution >= 4 is 6.41 Å². The molecule has 0 radical (unpaired) electrons. The zero-order valence-corrected chi connectivity index (χ0v) is 13.3. The van der Waals surface area contributed by atoms with Crippen molar-refractivity contribution in [3.63, 3.8) is 0 Å². The van der Waals surface area contributed by atoms with Crippen LogP contribution in [0.3, 0.4) is 0 Å². The molecular formula is C18H28N2O. The highest BCUT2D eigenvalue weighted by molar-refractivity contribution is 5.45. The molecule has 2 rings (SSSR count). The number of carbonyl (C=O) groups is 1. The van der Waals surface area contributed by atoms with Crippen molar-refractivity contribution < 1.29 is 4.79 Å². The number of hydrogen-bond donors (Lipinski definition) is 1. The van der Waals surface area contributed by atoms with Crippen molar-refractivity contribution in [2.45, 2.75) is 44.6 Å². The lowest BCUT2D eigenvalue weighted by Gasteiger charge is -2.47. The second-order valence-electron chi connectivity index (χ2n) is 6.29. The average molecular weight is 288 g/mol. The molecule has 1 aromatic carbocycles. The Kier molecular flexibility index (Phi) is 5.80. The van der Waals surface area contributed by atoms with Crippen molar-refractivity contribution in [1.82, 2.24) is 10.2 Å². The summed E-state index contributed by atoms with van der Waals surface area (Å²) < 4.78 is 0. The Morgan fingerprint density at radius 1 is 1.29 bits per heavy atom. The van der Waals surface area contributed by atoms with Crippen molar-refractivity contribution in [2.75, 3.05) is 20.1 Å². The SMILES string of the molecule is CCCN(C)C1(c2ccccc2)CCC(CNC=O)CC1. The van der Waals surface area contributed by atoms with Crippen LogP contribution in [0.5, 0.6) is 0 Å². The predicted molar refractivity (Wildman–Crippen MR) is 87.1 cm³/mol. The maximum absolute atomic E-state index is 10.5. The molecule has 0 aromatic heterocycles. The molecule has 0 saturated heterocycles. The van der Waals surface area contributed by atoms with E-state index in [1.54, 1.807) is 0 Å². The Morgan fingerprint density at radius 2 is 1.95 bits per heavy atom. The van der Waals surface area contributed by atoms with Crippen LogP contribution in [-0.4, -0.2) is 31.4 Å². The molecule has 0 atom stereocenters. The van der Waals surface area contributed by atoms with Gasteiger partial charge in [0.05, 0.1) is 0 Å². The first-order valence-corrected chi connectivity index (χ1v) is 8.16. The Hall–Kier alpha value is -1.35. The average Bonchev–Trinajstić information content (AvgIpc) is 2.54. The molecule has 1 N–H and O–H groups in total. The second-order valence-corrected chi connectivity index (χ2v) is 6.29. The Morgan fingerprint density at radius 3 is 2.52 bits per heavy atom. The van der Waals surface area contributed by atoms with Gasteiger partial charge in [0, 0.05) is 12.1 Å². The molecule has 1 aliphatic carbocycles. The molecule has 0 spiro atoms. The van der Waals surface area contributed by atoms with E-state index in [0.717, 1.165) is 19.5 Å². The lowest BCUT2D eigenvalue weighted by atomic mass is 9.71. The van der Waals surface area contributed by atoms with E-state index in [1.807, 2.05) is 0 Å². The minimum Gasteiger partial charge on any atom is -0.358 e. The van der Waals surface area contributed by atoms with E-state index >= 15 is 0 Å². The Balaban J connectivity index is 2.14. The third-order valence-electron chi connectivity index (χ3n) is 5.02. The standard InChI is InChI=1S/C18H28N2O/c1-3-13-20(2)18(17-7-5-4-6-8-17)11-9-16(10-12-18)14-19-15-21/h4-8,15-16H,3,9-14H2,1-2H3,(H,19,21). The van der Waals surface area contributed by atoms with Crippen LogP contribution >= 0.6 is 0 Å². The van der Waals surface area contributed by atoms with E-state index in [2.05, 4.69) is 54.5 Å². The van der Waals surface area contributed by atoms with Gasteiger partial charge in [0.25, 0.3) is 0 Å². The molecule has 1 aromatic rings. The lowest BCUT2D eigenvalue weighted by molar-refractivity contribution is -0.109. The topological polar surface area (TPSA) is 32.3 Å². The quantitative estimate of drug-likeness (QED) is 0.782. The van der Waals surface area contributed by atoms with Gasteiger partial charge in [-0.25, -0.2) is 0 Å². The summed E-state index contributed by atoms with van der Waals surface area (Å²) in [4.78, 5) is 13.0. The summed E-state index contributed by atoms with van der Waals surface area (Å²) in [5.74, 6) is 0.627. The largest absolute Gasteiger partial charge is 0.358 e. The number of benzene rings is 1. The molecule has 21 heavy (non-hydrogen) atoms. The van der Waals surface area contributed by atoms with E-state index in [9.17, 15) is 4.79 Å². The zero-order chi connectivity index (χ0) is 15.1. The van der Waals surface area contributed by atoms with Gasteiger partial charge in [0.2, 0.25) is 6.41 Å². The molecular weight excluding hydrogens is 260 g/mol. The number of nitrogens with one attached hydrogen (secondary N) is 1. The van der Waals surface area contributed by atoms with E-state index in [0.29, 0.717) is 5.92 Å². The van der Waals surface area contributed by atoms with Crippen LogP contribution in [0, 0.1) is 5.92 Å². The number of nitrogens with zero attached hydrogens (tertiary/aromatic N) is 1. The van der Waals surface area contributed by atoms with Gasteiger partial charge in [0.15, 0.2) is 0 Å². The molecule has 1 fully saturated rings. The molecule has 1 aliphatic rings. The highest BCUT2D eigenvalue weighted by Gasteiger charge is 2.39. The van der Waals surface area contributed by atoms with E-state index in [-0.39, 0.29) is 5.54 Å². The lowest BCUT2D eigenvalue weighted by Crippen LogP contribution is -2.47. The zero-order valence-electron chi connectivity index (χ0n) is 13.3. The molecule has 3 heteroatoms. The summed E-state index contributed by atoms with van der Waals surface area (Å²) in [5.41, 5.74) is 1.62. The van der Waals surface area contributed by atoms with Crippen molar-refractivity contribution in [3.05, 3.63) is 35.9 Å². The van der Waals surface area contributed by atoms with Crippen LogP contribution in [0.25, 0.3) is 0 Å². The van der Waals surface area contributed by atoms with Gasteiger partial charge in [-0.15, -0.1) is 0 Å². The fourth-order valence-electron chi connectivity index (χ4n) is 3.76. The van der Waals surface area contributed by atoms with Gasteiger partial charge in [0.1, 0.15) is 0 Å². The van der Waals surface area contributed by atoms with Crippen molar-refractivity contribution in [3.8, 4) is 0 Å². The Bertz CT molecular complexity index is 424. The first kappa shape index (κ1) is 16.0. The molecule has 116 valence electrons. The van der Waals surface area contributed by atoms with Gasteiger partial charge >= 0.3 is 0 Å². The van der Waals surface area contributed by atoms with Crippen LogP contribution in [0.15, 0.2) is 30.3 Å². The molecule has 1 saturated carbocycles. The van der Waals surface area contributed by atoms with Gasteiger partial charge in [-0.1, -0.05) is 37.3 Å². The third kappa shape index (κ3) is 3.65. The van der Waals surface area contributed by atoms with E-state index in [1.165, 1.54) is 37.7 Å². The van der Waals surface area contributed by atoms with E-state index in [4.69, 9.17) is 0 Å². The van der Waals surface area contributed by atoms with Crippen molar-refractivity contribution in [2.24, 2.45) is 5.92 Å². The summed E-state index contributed by atoms with van der Waals surface area (Å²) in [6.07, 6.45) is 6.73. The van der Waals surface area contributed by atoms with Gasteiger partial charge in [-0.05, 0) is 57.2 Å². The highest BCUT2D eigenvalue weighted by atomic mass is 16.1. The summed E-state index contributed by atoms with van der Waals surface area (Å²) in [6.45, 7) is 4.20. The predicted octanol–water partition coefficient (Wildman–Crippen LogP) is 3.16. The molecule has 0 aliphatic heterocycles. The first-order chi connectivity index (χ1) is 10.2. The van der Waals surface area contributed by atoms with Crippen LogP contribution < -0.4 is 5.32 Å².